The first kappa shape index (κ1) is 27.3. The van der Waals surface area contributed by atoms with Crippen LogP contribution in [0.2, 0.25) is 0 Å². The zero-order valence-electron chi connectivity index (χ0n) is 22.0. The van der Waals surface area contributed by atoms with E-state index in [0.717, 1.165) is 24.2 Å². The van der Waals surface area contributed by atoms with E-state index < -0.39 is 0 Å². The molecule has 0 N–H and O–H groups in total. The Morgan fingerprint density at radius 2 is 1.30 bits per heavy atom. The van der Waals surface area contributed by atoms with E-state index in [9.17, 15) is 9.59 Å². The van der Waals surface area contributed by atoms with Crippen LogP contribution in [0.4, 0.5) is 0 Å². The molecule has 33 heavy (non-hydrogen) atoms. The summed E-state index contributed by atoms with van der Waals surface area (Å²) in [4.78, 5) is 25.5. The van der Waals surface area contributed by atoms with Crippen LogP contribution in [0.25, 0.3) is 0 Å². The van der Waals surface area contributed by atoms with Gasteiger partial charge in [0.25, 0.3) is 0 Å². The van der Waals surface area contributed by atoms with Crippen LogP contribution in [0.15, 0.2) is 47.1 Å². The zero-order chi connectivity index (χ0) is 24.4. The number of fused-ring (bicyclic) bond motifs is 1. The predicted molar refractivity (Wildman–Crippen MR) is 141 cm³/mol. The van der Waals surface area contributed by atoms with Gasteiger partial charge in [0.05, 0.1) is 0 Å². The third-order valence-electron chi connectivity index (χ3n) is 7.28. The molecular weight excluding hydrogens is 404 g/mol. The zero-order valence-corrected chi connectivity index (χ0v) is 22.0. The highest BCUT2D eigenvalue weighted by Gasteiger charge is 2.28. The van der Waals surface area contributed by atoms with E-state index in [4.69, 9.17) is 0 Å². The van der Waals surface area contributed by atoms with Crippen molar-refractivity contribution in [2.24, 2.45) is 17.8 Å². The number of carbonyl (C=O) groups excluding carboxylic acids is 2. The molecular formula is C31H46O2. The smallest absolute Gasteiger partial charge is 0.190 e. The summed E-state index contributed by atoms with van der Waals surface area (Å²) in [7, 11) is 0. The second-order valence-corrected chi connectivity index (χ2v) is 10.9. The van der Waals surface area contributed by atoms with E-state index in [-0.39, 0.29) is 11.6 Å². The topological polar surface area (TPSA) is 34.1 Å². The highest BCUT2D eigenvalue weighted by atomic mass is 16.1. The quantitative estimate of drug-likeness (QED) is 0.265. The molecule has 1 aliphatic carbocycles. The van der Waals surface area contributed by atoms with E-state index in [2.05, 4.69) is 40.7 Å². The van der Waals surface area contributed by atoms with Crippen LogP contribution >= 0.6 is 0 Å². The third-order valence-corrected chi connectivity index (χ3v) is 7.28. The summed E-state index contributed by atoms with van der Waals surface area (Å²) >= 11 is 0. The molecule has 182 valence electrons. The Kier molecular flexibility index (Phi) is 11.3. The van der Waals surface area contributed by atoms with Gasteiger partial charge in [0.2, 0.25) is 0 Å². The second kappa shape index (κ2) is 13.7. The number of ketones is 2. The van der Waals surface area contributed by atoms with E-state index >= 15 is 0 Å². The van der Waals surface area contributed by atoms with E-state index in [1.165, 1.54) is 56.9 Å². The maximum atomic E-state index is 12.9. The normalized spacial score (nSPS) is 16.4. The molecule has 1 aliphatic rings. The van der Waals surface area contributed by atoms with Gasteiger partial charge in [-0.05, 0) is 50.9 Å². The lowest BCUT2D eigenvalue weighted by Crippen LogP contribution is -2.20. The van der Waals surface area contributed by atoms with Gasteiger partial charge in [-0.1, -0.05) is 109 Å². The van der Waals surface area contributed by atoms with E-state index in [0.29, 0.717) is 28.7 Å². The first-order chi connectivity index (χ1) is 15.7. The van der Waals surface area contributed by atoms with Gasteiger partial charge in [0.15, 0.2) is 11.6 Å². The molecule has 0 heterocycles. The Hall–Kier alpha value is -1.96. The summed E-state index contributed by atoms with van der Waals surface area (Å²) in [6.45, 7) is 13.4. The van der Waals surface area contributed by atoms with Gasteiger partial charge in [-0.15, -0.1) is 0 Å². The summed E-state index contributed by atoms with van der Waals surface area (Å²) in [5.41, 5.74) is 3.68. The largest absolute Gasteiger partial charge is 0.289 e. The summed E-state index contributed by atoms with van der Waals surface area (Å²) in [6.07, 6.45) is 14.4. The second-order valence-electron chi connectivity index (χ2n) is 10.9. The number of allylic oxidation sites excluding steroid dienone is 4. The molecule has 0 spiro atoms. The minimum Gasteiger partial charge on any atom is -0.289 e. The van der Waals surface area contributed by atoms with Crippen molar-refractivity contribution in [3.8, 4) is 0 Å². The van der Waals surface area contributed by atoms with E-state index in [1.54, 1.807) is 19.1 Å². The van der Waals surface area contributed by atoms with Gasteiger partial charge in [-0.25, -0.2) is 0 Å². The highest BCUT2D eigenvalue weighted by molar-refractivity contribution is 6.26. The van der Waals surface area contributed by atoms with Crippen LogP contribution in [0.1, 0.15) is 126 Å². The molecule has 0 unspecified atom stereocenters. The van der Waals surface area contributed by atoms with E-state index in [1.807, 2.05) is 12.1 Å². The molecule has 0 amide bonds. The average molecular weight is 451 g/mol. The van der Waals surface area contributed by atoms with Crippen molar-refractivity contribution < 1.29 is 9.59 Å². The molecule has 0 radical (unpaired) electrons. The van der Waals surface area contributed by atoms with Crippen LogP contribution in [0, 0.1) is 17.8 Å². The molecule has 2 rings (SSSR count). The fourth-order valence-corrected chi connectivity index (χ4v) is 4.88. The van der Waals surface area contributed by atoms with Crippen LogP contribution in [0.3, 0.4) is 0 Å². The van der Waals surface area contributed by atoms with Gasteiger partial charge in [-0.2, -0.15) is 0 Å². The average Bonchev–Trinajstić information content (AvgIpc) is 2.77. The predicted octanol–water partition coefficient (Wildman–Crippen LogP) is 9.16. The van der Waals surface area contributed by atoms with Crippen molar-refractivity contribution in [1.82, 2.24) is 0 Å². The SMILES string of the molecule is CC1=C(C/C=C(/C)CCC[C@@H](C)CCC[C@H](C)CCCC(C)C)C(=O)c2ccccc2C1=O. The number of carbonyl (C=O) groups is 2. The van der Waals surface area contributed by atoms with Crippen molar-refractivity contribution in [2.45, 2.75) is 106 Å². The van der Waals surface area contributed by atoms with Crippen LogP contribution in [-0.2, 0) is 0 Å². The fourth-order valence-electron chi connectivity index (χ4n) is 4.88. The summed E-state index contributed by atoms with van der Waals surface area (Å²) in [5.74, 6) is 2.48. The maximum Gasteiger partial charge on any atom is 0.190 e. The summed E-state index contributed by atoms with van der Waals surface area (Å²) in [6, 6.07) is 7.18. The molecule has 2 heteroatoms. The molecule has 1 aromatic rings. The van der Waals surface area contributed by atoms with Crippen molar-refractivity contribution in [3.63, 3.8) is 0 Å². The highest BCUT2D eigenvalue weighted by Crippen LogP contribution is 2.29. The number of benzene rings is 1. The number of hydrogen-bond acceptors (Lipinski definition) is 2. The molecule has 0 aromatic heterocycles. The molecule has 0 saturated carbocycles. The Morgan fingerprint density at radius 3 is 1.88 bits per heavy atom. The van der Waals surface area contributed by atoms with Gasteiger partial charge < -0.3 is 0 Å². The van der Waals surface area contributed by atoms with Gasteiger partial charge >= 0.3 is 0 Å². The number of rotatable bonds is 14. The summed E-state index contributed by atoms with van der Waals surface area (Å²) < 4.78 is 0. The van der Waals surface area contributed by atoms with Crippen molar-refractivity contribution >= 4 is 11.6 Å². The maximum absolute atomic E-state index is 12.9. The molecule has 2 atom stereocenters. The minimum atomic E-state index is -0.00526. The lowest BCUT2D eigenvalue weighted by atomic mass is 9.83. The number of hydrogen-bond donors (Lipinski definition) is 0. The fraction of sp³-hybridized carbons (Fsp3) is 0.613. The van der Waals surface area contributed by atoms with Gasteiger partial charge in [0, 0.05) is 22.3 Å². The molecule has 0 aliphatic heterocycles. The first-order valence-corrected chi connectivity index (χ1v) is 13.2. The molecule has 0 bridgehead atoms. The Balaban J connectivity index is 1.71. The Bertz CT molecular complexity index is 855. The van der Waals surface area contributed by atoms with Crippen LogP contribution in [-0.4, -0.2) is 11.6 Å². The van der Waals surface area contributed by atoms with Gasteiger partial charge in [-0.3, -0.25) is 9.59 Å². The van der Waals surface area contributed by atoms with Crippen molar-refractivity contribution in [1.29, 1.82) is 0 Å². The molecule has 1 aromatic carbocycles. The lowest BCUT2D eigenvalue weighted by Gasteiger charge is -2.18. The Morgan fingerprint density at radius 1 is 0.788 bits per heavy atom. The lowest BCUT2D eigenvalue weighted by molar-refractivity contribution is 0.0973. The molecule has 0 fully saturated rings. The molecule has 0 saturated heterocycles. The monoisotopic (exact) mass is 450 g/mol. The number of Topliss-reactive ketones (excluding diaryl/α,β-unsaturated/α-hetero) is 2. The first-order valence-electron chi connectivity index (χ1n) is 13.2. The van der Waals surface area contributed by atoms with Crippen molar-refractivity contribution in [2.75, 3.05) is 0 Å². The third kappa shape index (κ3) is 8.72. The summed E-state index contributed by atoms with van der Waals surface area (Å²) in [5, 5.41) is 0. The standard InChI is InChI=1S/C31H46O2/c1-22(2)12-9-13-23(3)14-10-15-24(4)16-11-17-25(5)20-21-27-26(6)30(32)28-18-7-8-19-29(28)31(27)33/h7-8,18-20,22-24H,9-17,21H2,1-6H3/b25-20-/t23-,24+/m1/s1. The van der Waals surface area contributed by atoms with Gasteiger partial charge in [0.1, 0.15) is 0 Å². The Labute approximate surface area is 202 Å². The van der Waals surface area contributed by atoms with Crippen LogP contribution < -0.4 is 0 Å². The van der Waals surface area contributed by atoms with Crippen molar-refractivity contribution in [3.05, 3.63) is 58.2 Å². The minimum absolute atomic E-state index is 0.00526. The van der Waals surface area contributed by atoms with Crippen LogP contribution in [0.5, 0.6) is 0 Å². The molecule has 2 nitrogen and oxygen atoms in total.